The molecule has 0 radical (unpaired) electrons. The van der Waals surface area contributed by atoms with Crippen LogP contribution in [0.15, 0.2) is 54.6 Å². The number of thiol groups is 1. The lowest BCUT2D eigenvalue weighted by atomic mass is 10.3. The van der Waals surface area contributed by atoms with Crippen LogP contribution in [0.25, 0.3) is 0 Å². The van der Waals surface area contributed by atoms with Gasteiger partial charge in [-0.05, 0) is 31.2 Å². The van der Waals surface area contributed by atoms with Gasteiger partial charge in [0.25, 0.3) is 0 Å². The Balaban J connectivity index is 1.99. The second-order valence-corrected chi connectivity index (χ2v) is 5.57. The van der Waals surface area contributed by atoms with Crippen LogP contribution in [-0.2, 0) is 0 Å². The number of rotatable bonds is 7. The van der Waals surface area contributed by atoms with Gasteiger partial charge in [0.1, 0.15) is 12.4 Å². The van der Waals surface area contributed by atoms with Crippen molar-refractivity contribution in [1.29, 1.82) is 0 Å². The lowest BCUT2D eigenvalue weighted by Crippen LogP contribution is -2.37. The first-order chi connectivity index (χ1) is 11.1. The van der Waals surface area contributed by atoms with E-state index in [1.807, 2.05) is 42.5 Å². The maximum absolute atomic E-state index is 11.1. The molecule has 0 saturated carbocycles. The van der Waals surface area contributed by atoms with Gasteiger partial charge >= 0.3 is 6.09 Å². The van der Waals surface area contributed by atoms with Crippen LogP contribution in [-0.4, -0.2) is 34.6 Å². The number of nitrogens with zero attached hydrogens (tertiary/aromatic N) is 1. The van der Waals surface area contributed by atoms with Crippen molar-refractivity contribution in [1.82, 2.24) is 4.90 Å². The van der Waals surface area contributed by atoms with E-state index in [1.54, 1.807) is 19.1 Å². The summed E-state index contributed by atoms with van der Waals surface area (Å²) in [5, 5.41) is 8.69. The fourth-order valence-electron chi connectivity index (χ4n) is 1.97. The highest BCUT2D eigenvalue weighted by Crippen LogP contribution is 2.31. The smallest absolute Gasteiger partial charge is 0.408 e. The molecule has 1 amide bonds. The highest BCUT2D eigenvalue weighted by Gasteiger charge is 2.16. The molecule has 2 aromatic carbocycles. The van der Waals surface area contributed by atoms with Gasteiger partial charge in [0.05, 0.1) is 11.9 Å². The van der Waals surface area contributed by atoms with Crippen LogP contribution >= 0.6 is 12.6 Å². The van der Waals surface area contributed by atoms with Gasteiger partial charge in [-0.3, -0.25) is 4.90 Å². The molecule has 6 heteroatoms. The molecular weight excluding hydrogens is 314 g/mol. The van der Waals surface area contributed by atoms with Gasteiger partial charge in [-0.25, -0.2) is 4.79 Å². The SMILES string of the molecule is CC(S)N(CCOc1ccccc1Oc1ccccc1)C(=O)O. The van der Waals surface area contributed by atoms with E-state index in [9.17, 15) is 4.79 Å². The molecule has 2 aromatic rings. The second kappa shape index (κ2) is 8.33. The topological polar surface area (TPSA) is 59.0 Å². The Bertz CT molecular complexity index is 634. The number of hydrogen-bond donors (Lipinski definition) is 2. The Hall–Kier alpha value is -2.34. The number of amides is 1. The van der Waals surface area contributed by atoms with Crippen LogP contribution in [0, 0.1) is 0 Å². The first-order valence-corrected chi connectivity index (χ1v) is 7.72. The molecule has 0 saturated heterocycles. The Labute approximate surface area is 140 Å². The molecule has 1 unspecified atom stereocenters. The summed E-state index contributed by atoms with van der Waals surface area (Å²) in [6.07, 6.45) is -1.02. The molecule has 0 aliphatic heterocycles. The van der Waals surface area contributed by atoms with Gasteiger partial charge in [-0.2, -0.15) is 12.6 Å². The molecule has 0 heterocycles. The van der Waals surface area contributed by atoms with Gasteiger partial charge in [-0.1, -0.05) is 30.3 Å². The zero-order valence-electron chi connectivity index (χ0n) is 12.8. The molecule has 0 bridgehead atoms. The first kappa shape index (κ1) is 17.0. The maximum atomic E-state index is 11.1. The molecule has 0 aliphatic rings. The monoisotopic (exact) mass is 333 g/mol. The van der Waals surface area contributed by atoms with Crippen molar-refractivity contribution < 1.29 is 19.4 Å². The van der Waals surface area contributed by atoms with E-state index in [-0.39, 0.29) is 13.2 Å². The minimum absolute atomic E-state index is 0.215. The zero-order chi connectivity index (χ0) is 16.7. The average molecular weight is 333 g/mol. The summed E-state index contributed by atoms with van der Waals surface area (Å²) in [4.78, 5) is 12.3. The van der Waals surface area contributed by atoms with Crippen LogP contribution < -0.4 is 9.47 Å². The molecule has 5 nitrogen and oxygen atoms in total. The highest BCUT2D eigenvalue weighted by molar-refractivity contribution is 7.80. The third kappa shape index (κ3) is 5.10. The van der Waals surface area contributed by atoms with Crippen molar-refractivity contribution >= 4 is 18.7 Å². The van der Waals surface area contributed by atoms with E-state index in [0.717, 1.165) is 0 Å². The molecule has 0 fully saturated rings. The summed E-state index contributed by atoms with van der Waals surface area (Å²) >= 11 is 4.14. The van der Waals surface area contributed by atoms with Crippen molar-refractivity contribution in [2.45, 2.75) is 12.3 Å². The lowest BCUT2D eigenvalue weighted by molar-refractivity contribution is 0.133. The Kier molecular flexibility index (Phi) is 6.17. The lowest BCUT2D eigenvalue weighted by Gasteiger charge is -2.22. The molecule has 0 aliphatic carbocycles. The number of carbonyl (C=O) groups is 1. The minimum Gasteiger partial charge on any atom is -0.488 e. The zero-order valence-corrected chi connectivity index (χ0v) is 13.6. The van der Waals surface area contributed by atoms with Crippen molar-refractivity contribution in [3.8, 4) is 17.2 Å². The average Bonchev–Trinajstić information content (AvgIpc) is 2.53. The number of benzene rings is 2. The Morgan fingerprint density at radius 1 is 1.13 bits per heavy atom. The summed E-state index contributed by atoms with van der Waals surface area (Å²) in [7, 11) is 0. The minimum atomic E-state index is -1.02. The van der Waals surface area contributed by atoms with Crippen LogP contribution in [0.2, 0.25) is 0 Å². The molecule has 2 rings (SSSR count). The standard InChI is InChI=1S/C17H19NO4S/c1-13(23)18(17(19)20)11-12-21-15-9-5-6-10-16(15)22-14-7-3-2-4-8-14/h2-10,13,23H,11-12H2,1H3,(H,19,20). The van der Waals surface area contributed by atoms with Crippen molar-refractivity contribution in [2.75, 3.05) is 13.2 Å². The molecule has 23 heavy (non-hydrogen) atoms. The van der Waals surface area contributed by atoms with E-state index in [1.165, 1.54) is 4.90 Å². The Morgan fingerprint density at radius 2 is 1.74 bits per heavy atom. The van der Waals surface area contributed by atoms with Gasteiger partial charge in [0.2, 0.25) is 0 Å². The summed E-state index contributed by atoms with van der Waals surface area (Å²) in [5.41, 5.74) is 0. The summed E-state index contributed by atoms with van der Waals surface area (Å²) < 4.78 is 11.5. The van der Waals surface area contributed by atoms with Gasteiger partial charge in [0.15, 0.2) is 11.5 Å². The number of para-hydroxylation sites is 3. The van der Waals surface area contributed by atoms with Crippen LogP contribution in [0.4, 0.5) is 4.79 Å². The predicted molar refractivity (Wildman–Crippen MR) is 91.6 cm³/mol. The Morgan fingerprint density at radius 3 is 2.35 bits per heavy atom. The van der Waals surface area contributed by atoms with Crippen LogP contribution in [0.5, 0.6) is 17.2 Å². The molecule has 1 N–H and O–H groups in total. The second-order valence-electron chi connectivity index (χ2n) is 4.82. The third-order valence-corrected chi connectivity index (χ3v) is 3.39. The molecule has 0 spiro atoms. The van der Waals surface area contributed by atoms with Crippen molar-refractivity contribution in [3.05, 3.63) is 54.6 Å². The number of carboxylic acid groups (broad SMARTS) is 1. The third-order valence-electron chi connectivity index (χ3n) is 3.11. The molecular formula is C17H19NO4S. The number of ether oxygens (including phenoxy) is 2. The van der Waals surface area contributed by atoms with E-state index in [2.05, 4.69) is 12.6 Å². The fraction of sp³-hybridized carbons (Fsp3) is 0.235. The van der Waals surface area contributed by atoms with Crippen molar-refractivity contribution in [2.24, 2.45) is 0 Å². The number of hydrogen-bond acceptors (Lipinski definition) is 4. The van der Waals surface area contributed by atoms with E-state index in [4.69, 9.17) is 14.6 Å². The fourth-order valence-corrected chi connectivity index (χ4v) is 2.18. The van der Waals surface area contributed by atoms with Gasteiger partial charge in [-0.15, -0.1) is 0 Å². The summed E-state index contributed by atoms with van der Waals surface area (Å²) in [6.45, 7) is 2.13. The summed E-state index contributed by atoms with van der Waals surface area (Å²) in [6, 6.07) is 16.7. The maximum Gasteiger partial charge on any atom is 0.408 e. The van der Waals surface area contributed by atoms with Gasteiger partial charge in [0, 0.05) is 0 Å². The predicted octanol–water partition coefficient (Wildman–Crippen LogP) is 4.11. The van der Waals surface area contributed by atoms with Crippen LogP contribution in [0.1, 0.15) is 6.92 Å². The largest absolute Gasteiger partial charge is 0.488 e. The van der Waals surface area contributed by atoms with E-state index < -0.39 is 11.5 Å². The highest BCUT2D eigenvalue weighted by atomic mass is 32.1. The first-order valence-electron chi connectivity index (χ1n) is 7.20. The molecule has 0 aromatic heterocycles. The molecule has 122 valence electrons. The molecule has 1 atom stereocenters. The van der Waals surface area contributed by atoms with E-state index >= 15 is 0 Å². The summed E-state index contributed by atoms with van der Waals surface area (Å²) in [5.74, 6) is 1.85. The quantitative estimate of drug-likeness (QED) is 0.591. The van der Waals surface area contributed by atoms with Crippen molar-refractivity contribution in [3.63, 3.8) is 0 Å². The van der Waals surface area contributed by atoms with E-state index in [0.29, 0.717) is 17.2 Å². The van der Waals surface area contributed by atoms with Gasteiger partial charge < -0.3 is 14.6 Å². The van der Waals surface area contributed by atoms with Crippen LogP contribution in [0.3, 0.4) is 0 Å². The normalized spacial score (nSPS) is 11.6.